The lowest BCUT2D eigenvalue weighted by Crippen LogP contribution is -2.38. The molecule has 1 fully saturated rings. The second-order valence-corrected chi connectivity index (χ2v) is 9.04. The topological polar surface area (TPSA) is 49.3 Å². The molecule has 0 aliphatic carbocycles. The van der Waals surface area contributed by atoms with Crippen LogP contribution in [0.2, 0.25) is 0 Å². The molecule has 3 aromatic rings. The molecule has 2 aliphatic heterocycles. The molecule has 2 aromatic carbocycles. The number of fused-ring (bicyclic) bond motifs is 1. The number of aromatic nitrogens is 2. The summed E-state index contributed by atoms with van der Waals surface area (Å²) in [6, 6.07) is 16.9. The SMILES string of the molecule is Cc1nc(C2CCCCN2Cc2ccc(F)cc2)nc2c1CCC(=O)N2Cc1ccccc1. The monoisotopic (exact) mass is 444 g/mol. The fourth-order valence-electron chi connectivity index (χ4n) is 4.98. The number of halogens is 1. The van der Waals surface area contributed by atoms with Crippen LogP contribution in [-0.4, -0.2) is 27.3 Å². The van der Waals surface area contributed by atoms with E-state index in [1.807, 2.05) is 54.3 Å². The van der Waals surface area contributed by atoms with Gasteiger partial charge in [-0.15, -0.1) is 0 Å². The Labute approximate surface area is 194 Å². The summed E-state index contributed by atoms with van der Waals surface area (Å²) in [7, 11) is 0. The lowest BCUT2D eigenvalue weighted by molar-refractivity contribution is -0.119. The minimum atomic E-state index is -0.217. The number of carbonyl (C=O) groups excluding carboxylic acids is 1. The highest BCUT2D eigenvalue weighted by Gasteiger charge is 2.32. The highest BCUT2D eigenvalue weighted by molar-refractivity contribution is 5.95. The van der Waals surface area contributed by atoms with Gasteiger partial charge in [0.25, 0.3) is 0 Å². The highest BCUT2D eigenvalue weighted by Crippen LogP contribution is 2.35. The minimum absolute atomic E-state index is 0.0865. The first-order valence-corrected chi connectivity index (χ1v) is 11.8. The Morgan fingerprint density at radius 3 is 2.48 bits per heavy atom. The predicted molar refractivity (Wildman–Crippen MR) is 126 cm³/mol. The Kier molecular flexibility index (Phi) is 6.18. The van der Waals surface area contributed by atoms with Gasteiger partial charge in [-0.3, -0.25) is 14.6 Å². The third-order valence-electron chi connectivity index (χ3n) is 6.75. The molecule has 0 saturated carbocycles. The van der Waals surface area contributed by atoms with Gasteiger partial charge in [-0.25, -0.2) is 14.4 Å². The van der Waals surface area contributed by atoms with E-state index >= 15 is 0 Å². The number of amides is 1. The van der Waals surface area contributed by atoms with Crippen LogP contribution in [0.4, 0.5) is 10.2 Å². The Morgan fingerprint density at radius 1 is 0.939 bits per heavy atom. The molecule has 5 rings (SSSR count). The van der Waals surface area contributed by atoms with E-state index in [4.69, 9.17) is 9.97 Å². The maximum absolute atomic E-state index is 13.4. The average Bonchev–Trinajstić information content (AvgIpc) is 2.83. The summed E-state index contributed by atoms with van der Waals surface area (Å²) < 4.78 is 13.4. The lowest BCUT2D eigenvalue weighted by atomic mass is 9.98. The van der Waals surface area contributed by atoms with E-state index < -0.39 is 0 Å². The zero-order valence-corrected chi connectivity index (χ0v) is 19.0. The molecule has 0 spiro atoms. The largest absolute Gasteiger partial charge is 0.292 e. The minimum Gasteiger partial charge on any atom is -0.292 e. The molecule has 0 radical (unpaired) electrons. The number of piperidine rings is 1. The number of nitrogens with zero attached hydrogens (tertiary/aromatic N) is 4. The zero-order valence-electron chi connectivity index (χ0n) is 19.0. The van der Waals surface area contributed by atoms with Gasteiger partial charge in [0.05, 0.1) is 12.6 Å². The van der Waals surface area contributed by atoms with Crippen molar-refractivity contribution in [3.63, 3.8) is 0 Å². The van der Waals surface area contributed by atoms with Crippen molar-refractivity contribution in [3.8, 4) is 0 Å². The first-order chi connectivity index (χ1) is 16.1. The van der Waals surface area contributed by atoms with Crippen LogP contribution < -0.4 is 4.90 Å². The first-order valence-electron chi connectivity index (χ1n) is 11.8. The van der Waals surface area contributed by atoms with Gasteiger partial charge in [0.2, 0.25) is 5.91 Å². The summed E-state index contributed by atoms with van der Waals surface area (Å²) in [5.41, 5.74) is 4.22. The highest BCUT2D eigenvalue weighted by atomic mass is 19.1. The molecule has 1 unspecified atom stereocenters. The average molecular weight is 445 g/mol. The molecule has 0 N–H and O–H groups in total. The van der Waals surface area contributed by atoms with Crippen molar-refractivity contribution < 1.29 is 9.18 Å². The molecule has 2 aliphatic rings. The van der Waals surface area contributed by atoms with Gasteiger partial charge >= 0.3 is 0 Å². The molecule has 1 amide bonds. The normalized spacial score (nSPS) is 18.9. The smallest absolute Gasteiger partial charge is 0.228 e. The van der Waals surface area contributed by atoms with E-state index in [2.05, 4.69) is 4.90 Å². The van der Waals surface area contributed by atoms with Crippen molar-refractivity contribution in [1.82, 2.24) is 14.9 Å². The van der Waals surface area contributed by atoms with Crippen LogP contribution in [0.15, 0.2) is 54.6 Å². The van der Waals surface area contributed by atoms with Crippen molar-refractivity contribution in [2.45, 2.75) is 58.2 Å². The molecule has 1 saturated heterocycles. The molecular weight excluding hydrogens is 415 g/mol. The second-order valence-electron chi connectivity index (χ2n) is 9.04. The van der Waals surface area contributed by atoms with Crippen LogP contribution in [0.3, 0.4) is 0 Å². The van der Waals surface area contributed by atoms with E-state index in [-0.39, 0.29) is 17.8 Å². The van der Waals surface area contributed by atoms with Crippen molar-refractivity contribution in [1.29, 1.82) is 0 Å². The van der Waals surface area contributed by atoms with Gasteiger partial charge < -0.3 is 0 Å². The van der Waals surface area contributed by atoms with Gasteiger partial charge in [0.15, 0.2) is 0 Å². The molecule has 33 heavy (non-hydrogen) atoms. The third kappa shape index (κ3) is 4.67. The van der Waals surface area contributed by atoms with E-state index in [0.29, 0.717) is 19.4 Å². The van der Waals surface area contributed by atoms with E-state index in [1.54, 1.807) is 0 Å². The summed E-state index contributed by atoms with van der Waals surface area (Å²) >= 11 is 0. The maximum Gasteiger partial charge on any atom is 0.228 e. The van der Waals surface area contributed by atoms with Gasteiger partial charge in [0, 0.05) is 24.2 Å². The van der Waals surface area contributed by atoms with Gasteiger partial charge in [-0.05, 0) is 56.0 Å². The van der Waals surface area contributed by atoms with E-state index in [1.165, 1.54) is 12.1 Å². The van der Waals surface area contributed by atoms with Crippen molar-refractivity contribution in [2.24, 2.45) is 0 Å². The molecule has 170 valence electrons. The molecule has 6 heteroatoms. The summed E-state index contributed by atoms with van der Waals surface area (Å²) in [4.78, 5) is 27.1. The number of carbonyl (C=O) groups is 1. The Bertz CT molecular complexity index is 1130. The molecule has 1 atom stereocenters. The Hall–Kier alpha value is -3.12. The van der Waals surface area contributed by atoms with Crippen LogP contribution >= 0.6 is 0 Å². The maximum atomic E-state index is 13.4. The van der Waals surface area contributed by atoms with E-state index in [9.17, 15) is 9.18 Å². The van der Waals surface area contributed by atoms with Gasteiger partial charge in [0.1, 0.15) is 17.5 Å². The fraction of sp³-hybridized carbons (Fsp3) is 0.370. The number of hydrogen-bond donors (Lipinski definition) is 0. The number of rotatable bonds is 5. The van der Waals surface area contributed by atoms with Gasteiger partial charge in [-0.2, -0.15) is 0 Å². The summed E-state index contributed by atoms with van der Waals surface area (Å²) in [5.74, 6) is 1.46. The third-order valence-corrected chi connectivity index (χ3v) is 6.75. The molecule has 1 aromatic heterocycles. The van der Waals surface area contributed by atoms with Gasteiger partial charge in [-0.1, -0.05) is 48.9 Å². The lowest BCUT2D eigenvalue weighted by Gasteiger charge is -2.36. The molecule has 3 heterocycles. The zero-order chi connectivity index (χ0) is 22.8. The molecule has 5 nitrogen and oxygen atoms in total. The molecular formula is C27H29FN4O. The van der Waals surface area contributed by atoms with Crippen molar-refractivity contribution >= 4 is 11.7 Å². The van der Waals surface area contributed by atoms with Crippen molar-refractivity contribution in [3.05, 3.63) is 88.6 Å². The Balaban J connectivity index is 1.47. The summed E-state index contributed by atoms with van der Waals surface area (Å²) in [5, 5.41) is 0. The summed E-state index contributed by atoms with van der Waals surface area (Å²) in [6.07, 6.45) is 4.40. The fourth-order valence-corrected chi connectivity index (χ4v) is 4.98. The Morgan fingerprint density at radius 2 is 1.70 bits per heavy atom. The van der Waals surface area contributed by atoms with Crippen LogP contribution in [0, 0.1) is 12.7 Å². The molecule has 0 bridgehead atoms. The second kappa shape index (κ2) is 9.40. The first kappa shape index (κ1) is 21.7. The van der Waals surface area contributed by atoms with E-state index in [0.717, 1.165) is 66.4 Å². The number of anilines is 1. The van der Waals surface area contributed by atoms with Crippen LogP contribution in [0.5, 0.6) is 0 Å². The number of benzene rings is 2. The quantitative estimate of drug-likeness (QED) is 0.547. The summed E-state index contributed by atoms with van der Waals surface area (Å²) in [6.45, 7) is 4.24. The van der Waals surface area contributed by atoms with Crippen LogP contribution in [0.25, 0.3) is 0 Å². The van der Waals surface area contributed by atoms with Crippen LogP contribution in [0.1, 0.15) is 59.9 Å². The number of aryl methyl sites for hydroxylation is 1. The number of hydrogen-bond acceptors (Lipinski definition) is 4. The predicted octanol–water partition coefficient (Wildman–Crippen LogP) is 5.13. The standard InChI is InChI=1S/C27H29FN4O/c1-19-23-14-15-25(33)32(18-20-7-3-2-4-8-20)27(23)30-26(29-19)24-9-5-6-16-31(24)17-21-10-12-22(28)13-11-21/h2-4,7-8,10-13,24H,5-6,9,14-18H2,1H3. The number of likely N-dealkylation sites (tertiary alicyclic amines) is 1. The van der Waals surface area contributed by atoms with Crippen LogP contribution in [-0.2, 0) is 24.3 Å². The van der Waals surface area contributed by atoms with Crippen molar-refractivity contribution in [2.75, 3.05) is 11.4 Å².